The second-order valence-electron chi connectivity index (χ2n) is 3.37. The Morgan fingerprint density at radius 3 is 2.67 bits per heavy atom. The average Bonchev–Trinajstić information content (AvgIpc) is 2.21. The molecule has 0 bridgehead atoms. The number of carbonyl (C=O) groups is 1. The van der Waals surface area contributed by atoms with Gasteiger partial charge in [-0.3, -0.25) is 4.79 Å². The summed E-state index contributed by atoms with van der Waals surface area (Å²) in [4.78, 5) is 10.2. The molecule has 0 aliphatic carbocycles. The molecular weight excluding hydrogens is 198 g/mol. The number of hydrogen-bond donors (Lipinski definition) is 2. The molecule has 0 heterocycles. The van der Waals surface area contributed by atoms with E-state index in [-0.39, 0.29) is 12.5 Å². The van der Waals surface area contributed by atoms with Crippen LogP contribution in [-0.2, 0) is 14.3 Å². The first-order valence-corrected chi connectivity index (χ1v) is 5.15. The highest BCUT2D eigenvalue weighted by molar-refractivity contribution is 5.66. The molecule has 0 aromatic rings. The molecule has 5 heteroatoms. The Morgan fingerprint density at radius 1 is 1.40 bits per heavy atom. The van der Waals surface area contributed by atoms with Crippen LogP contribution in [0.3, 0.4) is 0 Å². The van der Waals surface area contributed by atoms with Crippen molar-refractivity contribution in [1.82, 2.24) is 5.32 Å². The van der Waals surface area contributed by atoms with Crippen molar-refractivity contribution in [3.63, 3.8) is 0 Å². The van der Waals surface area contributed by atoms with Crippen LogP contribution in [0.2, 0.25) is 0 Å². The molecule has 2 N–H and O–H groups in total. The molecule has 0 aliphatic rings. The first kappa shape index (κ1) is 14.3. The van der Waals surface area contributed by atoms with Gasteiger partial charge in [-0.25, -0.2) is 0 Å². The molecule has 15 heavy (non-hydrogen) atoms. The van der Waals surface area contributed by atoms with E-state index >= 15 is 0 Å². The van der Waals surface area contributed by atoms with Gasteiger partial charge in [-0.2, -0.15) is 0 Å². The number of carboxylic acids is 1. The summed E-state index contributed by atoms with van der Waals surface area (Å²) >= 11 is 0. The number of aliphatic carboxylic acids is 1. The summed E-state index contributed by atoms with van der Waals surface area (Å²) in [6, 6.07) is 0. The minimum absolute atomic E-state index is 0.0643. The van der Waals surface area contributed by atoms with E-state index in [1.54, 1.807) is 14.2 Å². The lowest BCUT2D eigenvalue weighted by Crippen LogP contribution is -2.32. The SMILES string of the molecule is COCC(CNCCCCC(=O)O)OC. The molecule has 0 aromatic carbocycles. The summed E-state index contributed by atoms with van der Waals surface area (Å²) in [6.07, 6.45) is 1.89. The van der Waals surface area contributed by atoms with E-state index in [4.69, 9.17) is 14.6 Å². The number of nitrogens with one attached hydrogen (secondary N) is 1. The van der Waals surface area contributed by atoms with Crippen molar-refractivity contribution in [1.29, 1.82) is 0 Å². The van der Waals surface area contributed by atoms with Crippen molar-refractivity contribution in [2.24, 2.45) is 0 Å². The Bertz CT molecular complexity index is 164. The van der Waals surface area contributed by atoms with Gasteiger partial charge in [0.1, 0.15) is 0 Å². The lowest BCUT2D eigenvalue weighted by Gasteiger charge is -2.14. The highest BCUT2D eigenvalue weighted by atomic mass is 16.5. The summed E-state index contributed by atoms with van der Waals surface area (Å²) in [5, 5.41) is 11.6. The van der Waals surface area contributed by atoms with Crippen LogP contribution < -0.4 is 5.32 Å². The second-order valence-corrected chi connectivity index (χ2v) is 3.37. The van der Waals surface area contributed by atoms with Crippen LogP contribution >= 0.6 is 0 Å². The lowest BCUT2D eigenvalue weighted by molar-refractivity contribution is -0.137. The van der Waals surface area contributed by atoms with E-state index in [1.807, 2.05) is 0 Å². The summed E-state index contributed by atoms with van der Waals surface area (Å²) in [7, 11) is 3.29. The van der Waals surface area contributed by atoms with Gasteiger partial charge in [0.05, 0.1) is 12.7 Å². The van der Waals surface area contributed by atoms with Crippen LogP contribution in [0.5, 0.6) is 0 Å². The maximum Gasteiger partial charge on any atom is 0.303 e. The lowest BCUT2D eigenvalue weighted by atomic mass is 10.2. The molecule has 0 fully saturated rings. The number of ether oxygens (including phenoxy) is 2. The highest BCUT2D eigenvalue weighted by Crippen LogP contribution is 1.94. The van der Waals surface area contributed by atoms with E-state index in [0.29, 0.717) is 13.0 Å². The van der Waals surface area contributed by atoms with Crippen LogP contribution in [0.1, 0.15) is 19.3 Å². The van der Waals surface area contributed by atoms with Crippen LogP contribution in [0.25, 0.3) is 0 Å². The molecule has 5 nitrogen and oxygen atoms in total. The van der Waals surface area contributed by atoms with Crippen LogP contribution in [0.15, 0.2) is 0 Å². The van der Waals surface area contributed by atoms with E-state index < -0.39 is 5.97 Å². The van der Waals surface area contributed by atoms with Crippen LogP contribution in [0, 0.1) is 0 Å². The second kappa shape index (κ2) is 9.89. The third kappa shape index (κ3) is 9.65. The van der Waals surface area contributed by atoms with Gasteiger partial charge in [0, 0.05) is 27.2 Å². The smallest absolute Gasteiger partial charge is 0.303 e. The van der Waals surface area contributed by atoms with Crippen LogP contribution in [-0.4, -0.2) is 51.1 Å². The zero-order chi connectivity index (χ0) is 11.5. The molecule has 0 saturated carbocycles. The van der Waals surface area contributed by atoms with Gasteiger partial charge in [0.2, 0.25) is 0 Å². The normalized spacial score (nSPS) is 12.7. The third-order valence-corrected chi connectivity index (χ3v) is 2.05. The Labute approximate surface area is 90.8 Å². The molecule has 0 aliphatic heterocycles. The minimum Gasteiger partial charge on any atom is -0.481 e. The van der Waals surface area contributed by atoms with E-state index in [0.717, 1.165) is 19.5 Å². The first-order valence-electron chi connectivity index (χ1n) is 5.15. The largest absolute Gasteiger partial charge is 0.481 e. The van der Waals surface area contributed by atoms with E-state index in [2.05, 4.69) is 5.32 Å². The van der Waals surface area contributed by atoms with E-state index in [9.17, 15) is 4.79 Å². The molecule has 0 saturated heterocycles. The summed E-state index contributed by atoms with van der Waals surface area (Å²) in [5.74, 6) is -0.732. The van der Waals surface area contributed by atoms with Gasteiger partial charge in [0.25, 0.3) is 0 Å². The van der Waals surface area contributed by atoms with Gasteiger partial charge in [-0.05, 0) is 19.4 Å². The van der Waals surface area contributed by atoms with Crippen molar-refractivity contribution in [3.8, 4) is 0 Å². The molecular formula is C10H21NO4. The summed E-state index contributed by atoms with van der Waals surface area (Å²) in [6.45, 7) is 2.12. The van der Waals surface area contributed by atoms with Crippen molar-refractivity contribution >= 4 is 5.97 Å². The van der Waals surface area contributed by atoms with Gasteiger partial charge < -0.3 is 19.9 Å². The van der Waals surface area contributed by atoms with E-state index in [1.165, 1.54) is 0 Å². The highest BCUT2D eigenvalue weighted by Gasteiger charge is 2.05. The number of hydrogen-bond acceptors (Lipinski definition) is 4. The standard InChI is InChI=1S/C10H21NO4/c1-14-8-9(15-2)7-11-6-4-3-5-10(12)13/h9,11H,3-8H2,1-2H3,(H,12,13). The monoisotopic (exact) mass is 219 g/mol. The number of methoxy groups -OCH3 is 2. The quantitative estimate of drug-likeness (QED) is 0.523. The molecule has 0 spiro atoms. The van der Waals surface area contributed by atoms with Crippen LogP contribution in [0.4, 0.5) is 0 Å². The predicted octanol–water partition coefficient (Wildman–Crippen LogP) is 0.492. The van der Waals surface area contributed by atoms with Crippen molar-refractivity contribution < 1.29 is 19.4 Å². The zero-order valence-electron chi connectivity index (χ0n) is 9.49. The van der Waals surface area contributed by atoms with Crippen molar-refractivity contribution in [2.45, 2.75) is 25.4 Å². The maximum absolute atomic E-state index is 10.2. The predicted molar refractivity (Wildman–Crippen MR) is 57.0 cm³/mol. The average molecular weight is 219 g/mol. The minimum atomic E-state index is -0.732. The molecule has 1 atom stereocenters. The fourth-order valence-electron chi connectivity index (χ4n) is 1.19. The van der Waals surface area contributed by atoms with Gasteiger partial charge in [-0.15, -0.1) is 0 Å². The van der Waals surface area contributed by atoms with Crippen molar-refractivity contribution in [3.05, 3.63) is 0 Å². The molecule has 1 unspecified atom stereocenters. The summed E-state index contributed by atoms with van der Waals surface area (Å²) < 4.78 is 10.1. The Balaban J connectivity index is 3.24. The summed E-state index contributed by atoms with van der Waals surface area (Å²) in [5.41, 5.74) is 0. The van der Waals surface area contributed by atoms with Gasteiger partial charge in [-0.1, -0.05) is 0 Å². The molecule has 90 valence electrons. The Hall–Kier alpha value is -0.650. The molecule has 0 amide bonds. The Morgan fingerprint density at radius 2 is 2.13 bits per heavy atom. The first-order chi connectivity index (χ1) is 7.20. The third-order valence-electron chi connectivity index (χ3n) is 2.05. The Kier molecular flexibility index (Phi) is 9.46. The fraction of sp³-hybridized carbons (Fsp3) is 0.900. The maximum atomic E-state index is 10.2. The number of carboxylic acid groups (broad SMARTS) is 1. The van der Waals surface area contributed by atoms with Gasteiger partial charge >= 0.3 is 5.97 Å². The molecule has 0 radical (unpaired) electrons. The topological polar surface area (TPSA) is 67.8 Å². The van der Waals surface area contributed by atoms with Crippen molar-refractivity contribution in [2.75, 3.05) is 33.9 Å². The number of rotatable bonds is 10. The zero-order valence-corrected chi connectivity index (χ0v) is 9.49. The molecule has 0 aromatic heterocycles. The fourth-order valence-corrected chi connectivity index (χ4v) is 1.19. The van der Waals surface area contributed by atoms with Gasteiger partial charge in [0.15, 0.2) is 0 Å². The number of unbranched alkanes of at least 4 members (excludes halogenated alkanes) is 1. The molecule has 0 rings (SSSR count).